The van der Waals surface area contributed by atoms with E-state index in [1.165, 1.54) is 21.0 Å². The Labute approximate surface area is 145 Å². The minimum atomic E-state index is 0.762. The fraction of sp³-hybridized carbons (Fsp3) is 0.105. The summed E-state index contributed by atoms with van der Waals surface area (Å²) < 4.78 is 2.19. The molecule has 1 aliphatic rings. The second kappa shape index (κ2) is 5.59. The van der Waals surface area contributed by atoms with Crippen molar-refractivity contribution in [2.75, 3.05) is 11.9 Å². The summed E-state index contributed by atoms with van der Waals surface area (Å²) in [5, 5.41) is 3.18. The summed E-state index contributed by atoms with van der Waals surface area (Å²) in [5.41, 5.74) is 3.55. The van der Waals surface area contributed by atoms with Crippen molar-refractivity contribution < 1.29 is 4.57 Å². The quantitative estimate of drug-likeness (QED) is 0.585. The molecule has 3 aromatic rings. The molecule has 0 aliphatic carbocycles. The lowest BCUT2D eigenvalue weighted by atomic mass is 10.2. The summed E-state index contributed by atoms with van der Waals surface area (Å²) in [6.07, 6.45) is 2.23. The Bertz CT molecular complexity index is 949. The van der Waals surface area contributed by atoms with Crippen molar-refractivity contribution >= 4 is 46.0 Å². The fourth-order valence-electron chi connectivity index (χ4n) is 2.89. The summed E-state index contributed by atoms with van der Waals surface area (Å²) >= 11 is 7.96. The summed E-state index contributed by atoms with van der Waals surface area (Å²) in [7, 11) is 4.19. The van der Waals surface area contributed by atoms with Crippen LogP contribution in [0.2, 0.25) is 5.02 Å². The van der Waals surface area contributed by atoms with E-state index in [-0.39, 0.29) is 0 Å². The largest absolute Gasteiger partial charge is 0.338 e. The number of nitrogens with zero attached hydrogens (tertiary/aromatic N) is 2. The standard InChI is InChI=1S/C19H16ClN2S/c1-21-15(10-8-13-7-9-14(20)11-17(13)21)12-19-22(2)16-5-3-4-6-18(16)23-19/h3-12H,1-2H3/q+1. The summed E-state index contributed by atoms with van der Waals surface area (Å²) in [4.78, 5) is 3.54. The van der Waals surface area contributed by atoms with Gasteiger partial charge in [0.25, 0.3) is 0 Å². The van der Waals surface area contributed by atoms with E-state index in [2.05, 4.69) is 72.1 Å². The first-order chi connectivity index (χ1) is 11.1. The number of thioether (sulfide) groups is 1. The molecule has 0 spiro atoms. The smallest absolute Gasteiger partial charge is 0.214 e. The number of fused-ring (bicyclic) bond motifs is 2. The predicted molar refractivity (Wildman–Crippen MR) is 98.8 cm³/mol. The van der Waals surface area contributed by atoms with Crippen molar-refractivity contribution in [2.24, 2.45) is 7.05 Å². The zero-order valence-electron chi connectivity index (χ0n) is 13.0. The van der Waals surface area contributed by atoms with Crippen LogP contribution in [0.4, 0.5) is 5.69 Å². The molecule has 2 aromatic carbocycles. The normalized spacial score (nSPS) is 15.4. The fourth-order valence-corrected chi connectivity index (χ4v) is 4.16. The lowest BCUT2D eigenvalue weighted by Crippen LogP contribution is -2.33. The molecule has 1 aliphatic heterocycles. The zero-order valence-corrected chi connectivity index (χ0v) is 14.5. The molecule has 2 nitrogen and oxygen atoms in total. The molecule has 1 aromatic heterocycles. The van der Waals surface area contributed by atoms with Gasteiger partial charge in [0.15, 0.2) is 0 Å². The zero-order chi connectivity index (χ0) is 16.0. The van der Waals surface area contributed by atoms with E-state index in [4.69, 9.17) is 11.6 Å². The Morgan fingerprint density at radius 1 is 1.09 bits per heavy atom. The van der Waals surface area contributed by atoms with Crippen molar-refractivity contribution in [1.29, 1.82) is 0 Å². The van der Waals surface area contributed by atoms with Gasteiger partial charge in [-0.2, -0.15) is 4.57 Å². The number of hydrogen-bond donors (Lipinski definition) is 0. The van der Waals surface area contributed by atoms with Crippen LogP contribution in [0.1, 0.15) is 5.69 Å². The lowest BCUT2D eigenvalue weighted by molar-refractivity contribution is -0.646. The van der Waals surface area contributed by atoms with Crippen molar-refractivity contribution in [2.45, 2.75) is 4.90 Å². The third-order valence-corrected chi connectivity index (χ3v) is 5.62. The number of pyridine rings is 1. The van der Waals surface area contributed by atoms with E-state index in [1.807, 2.05) is 12.1 Å². The van der Waals surface area contributed by atoms with Gasteiger partial charge in [0.05, 0.1) is 10.7 Å². The molecule has 0 atom stereocenters. The molecule has 0 N–H and O–H groups in total. The second-order valence-corrected chi connectivity index (χ2v) is 7.13. The number of aromatic nitrogens is 1. The maximum atomic E-state index is 6.16. The van der Waals surface area contributed by atoms with Crippen LogP contribution in [0.15, 0.2) is 64.5 Å². The number of benzene rings is 2. The average Bonchev–Trinajstić information content (AvgIpc) is 2.87. The van der Waals surface area contributed by atoms with Crippen LogP contribution < -0.4 is 9.47 Å². The number of para-hydroxylation sites is 1. The van der Waals surface area contributed by atoms with Gasteiger partial charge in [0.2, 0.25) is 11.2 Å². The minimum absolute atomic E-state index is 0.762. The predicted octanol–water partition coefficient (Wildman–Crippen LogP) is 4.86. The number of hydrogen-bond acceptors (Lipinski definition) is 2. The first kappa shape index (κ1) is 14.6. The number of anilines is 1. The lowest BCUT2D eigenvalue weighted by Gasteiger charge is -2.12. The maximum absolute atomic E-state index is 6.16. The second-order valence-electron chi connectivity index (χ2n) is 5.63. The van der Waals surface area contributed by atoms with E-state index in [0.717, 1.165) is 16.2 Å². The highest BCUT2D eigenvalue weighted by Gasteiger charge is 2.22. The molecule has 2 heterocycles. The number of halogens is 1. The van der Waals surface area contributed by atoms with Crippen molar-refractivity contribution in [3.63, 3.8) is 0 Å². The first-order valence-electron chi connectivity index (χ1n) is 7.44. The SMILES string of the molecule is CN1/C(=C/c2ccc3ccc(Cl)cc3[n+]2C)Sc2ccccc21. The molecule has 0 saturated carbocycles. The Morgan fingerprint density at radius 2 is 1.87 bits per heavy atom. The summed E-state index contributed by atoms with van der Waals surface area (Å²) in [5.74, 6) is 0. The van der Waals surface area contributed by atoms with Gasteiger partial charge in [-0.15, -0.1) is 0 Å². The van der Waals surface area contributed by atoms with Gasteiger partial charge >= 0.3 is 0 Å². The third kappa shape index (κ3) is 2.50. The van der Waals surface area contributed by atoms with E-state index >= 15 is 0 Å². The Hall–Kier alpha value is -1.97. The monoisotopic (exact) mass is 339 g/mol. The molecule has 0 radical (unpaired) electrons. The molecule has 114 valence electrons. The van der Waals surface area contributed by atoms with Gasteiger partial charge in [-0.3, -0.25) is 0 Å². The first-order valence-corrected chi connectivity index (χ1v) is 8.63. The van der Waals surface area contributed by atoms with Gasteiger partial charge in [-0.1, -0.05) is 35.5 Å². The van der Waals surface area contributed by atoms with Gasteiger partial charge in [-0.05, 0) is 30.3 Å². The molecule has 0 amide bonds. The molecule has 0 saturated heterocycles. The molecule has 4 rings (SSSR count). The summed E-state index contributed by atoms with van der Waals surface area (Å²) in [6, 6.07) is 18.8. The minimum Gasteiger partial charge on any atom is -0.338 e. The van der Waals surface area contributed by atoms with Gasteiger partial charge < -0.3 is 4.90 Å². The van der Waals surface area contributed by atoms with Gasteiger partial charge in [-0.25, -0.2) is 0 Å². The molecule has 0 fully saturated rings. The third-order valence-electron chi connectivity index (χ3n) is 4.22. The molecule has 0 bridgehead atoms. The molecule has 0 unspecified atom stereocenters. The van der Waals surface area contributed by atoms with Crippen LogP contribution in [-0.4, -0.2) is 7.05 Å². The van der Waals surface area contributed by atoms with Crippen LogP contribution in [0, 0.1) is 0 Å². The Balaban J connectivity index is 1.81. The highest BCUT2D eigenvalue weighted by Crippen LogP contribution is 2.45. The van der Waals surface area contributed by atoms with E-state index < -0.39 is 0 Å². The number of aryl methyl sites for hydroxylation is 1. The van der Waals surface area contributed by atoms with Crippen LogP contribution in [0.25, 0.3) is 17.0 Å². The maximum Gasteiger partial charge on any atom is 0.214 e. The highest BCUT2D eigenvalue weighted by atomic mass is 35.5. The van der Waals surface area contributed by atoms with Crippen molar-refractivity contribution in [3.8, 4) is 0 Å². The van der Waals surface area contributed by atoms with Gasteiger partial charge in [0.1, 0.15) is 7.05 Å². The van der Waals surface area contributed by atoms with Crippen LogP contribution in [-0.2, 0) is 7.05 Å². The van der Waals surface area contributed by atoms with Crippen LogP contribution >= 0.6 is 23.4 Å². The van der Waals surface area contributed by atoms with E-state index in [0.29, 0.717) is 0 Å². The van der Waals surface area contributed by atoms with Gasteiger partial charge in [0, 0.05) is 40.6 Å². The van der Waals surface area contributed by atoms with E-state index in [9.17, 15) is 0 Å². The molecular weight excluding hydrogens is 324 g/mol. The van der Waals surface area contributed by atoms with E-state index in [1.54, 1.807) is 11.8 Å². The van der Waals surface area contributed by atoms with Crippen LogP contribution in [0.3, 0.4) is 0 Å². The summed E-state index contributed by atoms with van der Waals surface area (Å²) in [6.45, 7) is 0. The average molecular weight is 340 g/mol. The molecular formula is C19H16ClN2S+. The Kier molecular flexibility index (Phi) is 3.55. The Morgan fingerprint density at radius 3 is 2.70 bits per heavy atom. The molecule has 4 heteroatoms. The topological polar surface area (TPSA) is 7.12 Å². The number of rotatable bonds is 1. The highest BCUT2D eigenvalue weighted by molar-refractivity contribution is 8.03. The van der Waals surface area contributed by atoms with Crippen molar-refractivity contribution in [3.05, 3.63) is 70.3 Å². The van der Waals surface area contributed by atoms with Crippen molar-refractivity contribution in [1.82, 2.24) is 0 Å². The molecule has 23 heavy (non-hydrogen) atoms. The van der Waals surface area contributed by atoms with Crippen LogP contribution in [0.5, 0.6) is 0 Å².